The lowest BCUT2D eigenvalue weighted by molar-refractivity contribution is -0.136. The minimum atomic E-state index is -0.633. The highest BCUT2D eigenvalue weighted by molar-refractivity contribution is 6.01. The van der Waals surface area contributed by atoms with E-state index in [1.807, 2.05) is 0 Å². The number of hydrogen-bond donors (Lipinski definition) is 0. The molecule has 6 heteroatoms. The van der Waals surface area contributed by atoms with Crippen LogP contribution < -0.4 is 14.2 Å². The van der Waals surface area contributed by atoms with Gasteiger partial charge in [-0.3, -0.25) is 4.79 Å². The average molecular weight is 356 g/mol. The Labute approximate surface area is 151 Å². The summed E-state index contributed by atoms with van der Waals surface area (Å²) >= 11 is 0. The van der Waals surface area contributed by atoms with E-state index < -0.39 is 5.97 Å². The molecule has 6 nitrogen and oxygen atoms in total. The molecule has 26 heavy (non-hydrogen) atoms. The number of ketones is 1. The second-order valence-electron chi connectivity index (χ2n) is 5.17. The van der Waals surface area contributed by atoms with Crippen LogP contribution in [0.3, 0.4) is 0 Å². The summed E-state index contributed by atoms with van der Waals surface area (Å²) in [7, 11) is 4.56. The van der Waals surface area contributed by atoms with Crippen molar-refractivity contribution in [3.05, 3.63) is 59.7 Å². The number of carbonyl (C=O) groups is 2. The summed E-state index contributed by atoms with van der Waals surface area (Å²) in [5.41, 5.74) is 1.05. The third-order valence-corrected chi connectivity index (χ3v) is 3.59. The fourth-order valence-corrected chi connectivity index (χ4v) is 2.25. The molecule has 2 aromatic rings. The molecule has 2 aromatic carbocycles. The van der Waals surface area contributed by atoms with Crippen LogP contribution in [0.15, 0.2) is 48.5 Å². The Hall–Kier alpha value is -3.28. The molecule has 0 N–H and O–H groups in total. The summed E-state index contributed by atoms with van der Waals surface area (Å²) < 4.78 is 20.5. The molecule has 0 saturated heterocycles. The third kappa shape index (κ3) is 4.86. The van der Waals surface area contributed by atoms with Crippen molar-refractivity contribution in [3.63, 3.8) is 0 Å². The maximum Gasteiger partial charge on any atom is 0.331 e. The van der Waals surface area contributed by atoms with Crippen LogP contribution in [-0.2, 0) is 9.53 Å². The Morgan fingerprint density at radius 1 is 0.923 bits per heavy atom. The molecule has 0 spiro atoms. The molecule has 0 fully saturated rings. The normalized spacial score (nSPS) is 10.4. The van der Waals surface area contributed by atoms with Crippen molar-refractivity contribution in [2.75, 3.05) is 27.9 Å². The fourth-order valence-electron chi connectivity index (χ4n) is 2.25. The molecule has 0 aliphatic heterocycles. The second-order valence-corrected chi connectivity index (χ2v) is 5.17. The molecule has 0 aliphatic carbocycles. The van der Waals surface area contributed by atoms with Crippen LogP contribution in [-0.4, -0.2) is 39.7 Å². The van der Waals surface area contributed by atoms with Crippen molar-refractivity contribution < 1.29 is 28.5 Å². The average Bonchev–Trinajstić information content (AvgIpc) is 2.70. The highest BCUT2D eigenvalue weighted by Gasteiger charge is 2.13. The highest BCUT2D eigenvalue weighted by atomic mass is 16.5. The number of benzene rings is 2. The molecular weight excluding hydrogens is 336 g/mol. The van der Waals surface area contributed by atoms with E-state index in [0.29, 0.717) is 28.4 Å². The molecule has 0 aliphatic rings. The van der Waals surface area contributed by atoms with Crippen molar-refractivity contribution in [1.82, 2.24) is 0 Å². The fraction of sp³-hybridized carbons (Fsp3) is 0.200. The molecule has 0 unspecified atom stereocenters. The predicted molar refractivity (Wildman–Crippen MR) is 96.9 cm³/mol. The van der Waals surface area contributed by atoms with Crippen LogP contribution in [0.1, 0.15) is 15.9 Å². The topological polar surface area (TPSA) is 71.1 Å². The number of para-hydroxylation sites is 1. The first-order chi connectivity index (χ1) is 12.6. The molecule has 0 atom stereocenters. The van der Waals surface area contributed by atoms with Crippen LogP contribution in [0.5, 0.6) is 17.2 Å². The van der Waals surface area contributed by atoms with Crippen LogP contribution in [0.2, 0.25) is 0 Å². The van der Waals surface area contributed by atoms with Gasteiger partial charge < -0.3 is 18.9 Å². The van der Waals surface area contributed by atoms with Crippen molar-refractivity contribution in [2.45, 2.75) is 0 Å². The van der Waals surface area contributed by atoms with Crippen LogP contribution in [0, 0.1) is 0 Å². The van der Waals surface area contributed by atoms with Crippen molar-refractivity contribution in [1.29, 1.82) is 0 Å². The lowest BCUT2D eigenvalue weighted by atomic mass is 10.1. The zero-order valence-electron chi connectivity index (χ0n) is 14.9. The Morgan fingerprint density at radius 3 is 2.35 bits per heavy atom. The molecule has 0 aromatic heterocycles. The van der Waals surface area contributed by atoms with Gasteiger partial charge in [-0.25, -0.2) is 4.79 Å². The second kappa shape index (κ2) is 9.27. The number of methoxy groups -OCH3 is 3. The van der Waals surface area contributed by atoms with Crippen molar-refractivity contribution >= 4 is 17.8 Å². The van der Waals surface area contributed by atoms with Gasteiger partial charge in [0.2, 0.25) is 5.78 Å². The van der Waals surface area contributed by atoms with Crippen LogP contribution in [0.4, 0.5) is 0 Å². The maximum atomic E-state index is 12.2. The molecule has 0 amide bonds. The molecule has 0 saturated carbocycles. The lowest BCUT2D eigenvalue weighted by Crippen LogP contribution is -2.13. The molecule has 0 heterocycles. The van der Waals surface area contributed by atoms with E-state index in [1.165, 1.54) is 20.3 Å². The third-order valence-electron chi connectivity index (χ3n) is 3.59. The van der Waals surface area contributed by atoms with E-state index in [9.17, 15) is 9.59 Å². The van der Waals surface area contributed by atoms with Gasteiger partial charge in [0.1, 0.15) is 17.2 Å². The number of esters is 1. The Balaban J connectivity index is 1.98. The largest absolute Gasteiger partial charge is 0.497 e. The number of carbonyl (C=O) groups excluding carboxylic acids is 2. The Kier molecular flexibility index (Phi) is 6.79. The molecule has 2 rings (SSSR count). The van der Waals surface area contributed by atoms with Crippen LogP contribution in [0.25, 0.3) is 6.08 Å². The first kappa shape index (κ1) is 19.1. The summed E-state index contributed by atoms with van der Waals surface area (Å²) in [6.45, 7) is -0.372. The Bertz CT molecular complexity index is 810. The molecule has 0 radical (unpaired) electrons. The number of hydrogen-bond acceptors (Lipinski definition) is 6. The van der Waals surface area contributed by atoms with E-state index in [4.69, 9.17) is 18.9 Å². The number of rotatable bonds is 8. The highest BCUT2D eigenvalue weighted by Crippen LogP contribution is 2.25. The van der Waals surface area contributed by atoms with Gasteiger partial charge in [0.05, 0.1) is 26.9 Å². The predicted octanol–water partition coefficient (Wildman–Crippen LogP) is 3.15. The van der Waals surface area contributed by atoms with Crippen molar-refractivity contribution in [3.8, 4) is 17.2 Å². The summed E-state index contributed by atoms with van der Waals surface area (Å²) in [5.74, 6) is 0.659. The number of ether oxygens (including phenoxy) is 4. The van der Waals surface area contributed by atoms with Gasteiger partial charge in [0.15, 0.2) is 6.61 Å². The van der Waals surface area contributed by atoms with Gasteiger partial charge in [0.25, 0.3) is 0 Å². The quantitative estimate of drug-likeness (QED) is 0.411. The number of Topliss-reactive ketones (excluding diaryl/α,β-unsaturated/α-hetero) is 1. The first-order valence-electron chi connectivity index (χ1n) is 7.82. The molecule has 0 bridgehead atoms. The van der Waals surface area contributed by atoms with Gasteiger partial charge >= 0.3 is 5.97 Å². The Morgan fingerprint density at radius 2 is 1.65 bits per heavy atom. The van der Waals surface area contributed by atoms with Gasteiger partial charge in [-0.2, -0.15) is 0 Å². The molecule has 136 valence electrons. The van der Waals surface area contributed by atoms with E-state index >= 15 is 0 Å². The van der Waals surface area contributed by atoms with Gasteiger partial charge in [-0.05, 0) is 30.3 Å². The smallest absolute Gasteiger partial charge is 0.331 e. The zero-order valence-corrected chi connectivity index (χ0v) is 14.9. The zero-order chi connectivity index (χ0) is 18.9. The summed E-state index contributed by atoms with van der Waals surface area (Å²) in [4.78, 5) is 24.0. The maximum absolute atomic E-state index is 12.2. The minimum Gasteiger partial charge on any atom is -0.497 e. The SMILES string of the molecule is COc1ccc(/C=C/C(=O)OCC(=O)c2ccccc2OC)c(OC)c1. The van der Waals surface area contributed by atoms with Crippen LogP contribution >= 0.6 is 0 Å². The molecular formula is C20H20O6. The lowest BCUT2D eigenvalue weighted by Gasteiger charge is -2.08. The van der Waals surface area contributed by atoms with E-state index in [0.717, 1.165) is 0 Å². The van der Waals surface area contributed by atoms with E-state index in [-0.39, 0.29) is 12.4 Å². The summed E-state index contributed by atoms with van der Waals surface area (Å²) in [6, 6.07) is 12.0. The van der Waals surface area contributed by atoms with Gasteiger partial charge in [0, 0.05) is 17.7 Å². The van der Waals surface area contributed by atoms with Crippen molar-refractivity contribution in [2.24, 2.45) is 0 Å². The van der Waals surface area contributed by atoms with Gasteiger partial charge in [-0.15, -0.1) is 0 Å². The van der Waals surface area contributed by atoms with E-state index in [2.05, 4.69) is 0 Å². The standard InChI is InChI=1S/C20H20O6/c1-23-15-10-8-14(19(12-15)25-3)9-11-20(22)26-13-17(21)16-6-4-5-7-18(16)24-2/h4-12H,13H2,1-3H3/b11-9+. The summed E-state index contributed by atoms with van der Waals surface area (Å²) in [5, 5.41) is 0. The van der Waals surface area contributed by atoms with E-state index in [1.54, 1.807) is 55.7 Å². The minimum absolute atomic E-state index is 0.341. The van der Waals surface area contributed by atoms with Gasteiger partial charge in [-0.1, -0.05) is 12.1 Å². The first-order valence-corrected chi connectivity index (χ1v) is 7.82. The summed E-state index contributed by atoms with van der Waals surface area (Å²) in [6.07, 6.45) is 2.79. The monoisotopic (exact) mass is 356 g/mol.